The van der Waals surface area contributed by atoms with Gasteiger partial charge in [-0.25, -0.2) is 0 Å². The lowest BCUT2D eigenvalue weighted by Crippen LogP contribution is -2.13. The molecule has 0 aliphatic heterocycles. The fourth-order valence-electron chi connectivity index (χ4n) is 1.44. The average molecular weight is 219 g/mol. The molecule has 0 bridgehead atoms. The van der Waals surface area contributed by atoms with Crippen LogP contribution in [0.2, 0.25) is 0 Å². The van der Waals surface area contributed by atoms with Crippen LogP contribution in [0.15, 0.2) is 36.9 Å². The van der Waals surface area contributed by atoms with E-state index in [1.807, 2.05) is 30.3 Å². The van der Waals surface area contributed by atoms with E-state index in [4.69, 9.17) is 4.84 Å². The Morgan fingerprint density at radius 1 is 1.19 bits per heavy atom. The standard InChI is InChI=1S/C14H21NO/c1-3-4-5-9-12-16-15-13(2)14-10-7-6-8-11-14/h6-8,10-11,15H,2-5,9,12H2,1H3. The molecular formula is C14H21NO. The topological polar surface area (TPSA) is 21.3 Å². The maximum Gasteiger partial charge on any atom is 0.0746 e. The molecule has 1 N–H and O–H groups in total. The number of nitrogens with one attached hydrogen (secondary N) is 1. The summed E-state index contributed by atoms with van der Waals surface area (Å²) in [7, 11) is 0. The number of benzene rings is 1. The van der Waals surface area contributed by atoms with E-state index in [1.165, 1.54) is 19.3 Å². The second kappa shape index (κ2) is 7.94. The zero-order valence-electron chi connectivity index (χ0n) is 10.0. The molecule has 0 fully saturated rings. The Kier molecular flexibility index (Phi) is 6.35. The molecule has 0 aromatic heterocycles. The summed E-state index contributed by atoms with van der Waals surface area (Å²) in [6.45, 7) is 6.87. The van der Waals surface area contributed by atoms with Crippen LogP contribution in [0.25, 0.3) is 5.70 Å². The molecule has 1 aromatic rings. The highest BCUT2D eigenvalue weighted by atomic mass is 16.6. The van der Waals surface area contributed by atoms with Gasteiger partial charge < -0.3 is 0 Å². The van der Waals surface area contributed by atoms with E-state index in [2.05, 4.69) is 19.0 Å². The van der Waals surface area contributed by atoms with Crippen LogP contribution in [0.3, 0.4) is 0 Å². The lowest BCUT2D eigenvalue weighted by Gasteiger charge is -2.09. The van der Waals surface area contributed by atoms with Crippen molar-refractivity contribution < 1.29 is 4.84 Å². The van der Waals surface area contributed by atoms with Crippen LogP contribution >= 0.6 is 0 Å². The molecule has 0 atom stereocenters. The van der Waals surface area contributed by atoms with Gasteiger partial charge in [-0.2, -0.15) is 0 Å². The zero-order chi connectivity index (χ0) is 11.6. The summed E-state index contributed by atoms with van der Waals surface area (Å²) >= 11 is 0. The van der Waals surface area contributed by atoms with Crippen LogP contribution in [-0.2, 0) is 4.84 Å². The van der Waals surface area contributed by atoms with Gasteiger partial charge in [0.2, 0.25) is 0 Å². The Hall–Kier alpha value is -1.28. The second-order valence-electron chi connectivity index (χ2n) is 3.86. The molecule has 0 unspecified atom stereocenters. The predicted octanol–water partition coefficient (Wildman–Crippen LogP) is 3.76. The fourth-order valence-corrected chi connectivity index (χ4v) is 1.44. The highest BCUT2D eigenvalue weighted by Crippen LogP contribution is 2.08. The largest absolute Gasteiger partial charge is 0.276 e. The summed E-state index contributed by atoms with van der Waals surface area (Å²) in [6.07, 6.45) is 4.87. The normalized spacial score (nSPS) is 10.1. The quantitative estimate of drug-likeness (QED) is 0.531. The molecule has 0 aliphatic rings. The molecule has 0 saturated heterocycles. The monoisotopic (exact) mass is 219 g/mol. The van der Waals surface area contributed by atoms with Gasteiger partial charge in [0.15, 0.2) is 0 Å². The van der Waals surface area contributed by atoms with Crippen LogP contribution in [-0.4, -0.2) is 6.61 Å². The lowest BCUT2D eigenvalue weighted by atomic mass is 10.2. The highest BCUT2D eigenvalue weighted by molar-refractivity contribution is 5.60. The third-order valence-electron chi connectivity index (χ3n) is 2.42. The molecule has 0 saturated carbocycles. The summed E-state index contributed by atoms with van der Waals surface area (Å²) in [4.78, 5) is 5.35. The van der Waals surface area contributed by atoms with Gasteiger partial charge in [0, 0.05) is 0 Å². The smallest absolute Gasteiger partial charge is 0.0746 e. The van der Waals surface area contributed by atoms with E-state index in [-0.39, 0.29) is 0 Å². The van der Waals surface area contributed by atoms with Crippen LogP contribution in [0, 0.1) is 0 Å². The minimum atomic E-state index is 0.742. The first-order valence-corrected chi connectivity index (χ1v) is 5.96. The minimum absolute atomic E-state index is 0.742. The van der Waals surface area contributed by atoms with Crippen molar-refractivity contribution in [1.82, 2.24) is 5.48 Å². The molecule has 0 amide bonds. The van der Waals surface area contributed by atoms with Crippen molar-refractivity contribution in [3.8, 4) is 0 Å². The Morgan fingerprint density at radius 2 is 1.94 bits per heavy atom. The first-order valence-electron chi connectivity index (χ1n) is 5.96. The molecule has 0 heterocycles. The second-order valence-corrected chi connectivity index (χ2v) is 3.86. The van der Waals surface area contributed by atoms with Crippen LogP contribution in [0.1, 0.15) is 38.2 Å². The molecule has 1 aromatic carbocycles. The van der Waals surface area contributed by atoms with Crippen molar-refractivity contribution in [2.45, 2.75) is 32.6 Å². The first kappa shape index (κ1) is 12.8. The zero-order valence-corrected chi connectivity index (χ0v) is 10.0. The number of hydrogen-bond acceptors (Lipinski definition) is 2. The van der Waals surface area contributed by atoms with Crippen molar-refractivity contribution >= 4 is 5.70 Å². The van der Waals surface area contributed by atoms with E-state index in [9.17, 15) is 0 Å². The SMILES string of the molecule is C=C(NOCCCCCC)c1ccccc1. The van der Waals surface area contributed by atoms with Gasteiger partial charge >= 0.3 is 0 Å². The van der Waals surface area contributed by atoms with E-state index in [1.54, 1.807) is 0 Å². The van der Waals surface area contributed by atoms with Gasteiger partial charge in [-0.15, -0.1) is 0 Å². The molecule has 1 rings (SSSR count). The van der Waals surface area contributed by atoms with E-state index in [0.717, 1.165) is 24.3 Å². The summed E-state index contributed by atoms with van der Waals surface area (Å²) in [6, 6.07) is 9.99. The fraction of sp³-hybridized carbons (Fsp3) is 0.429. The molecule has 2 heteroatoms. The number of unbranched alkanes of at least 4 members (excludes halogenated alkanes) is 3. The number of hydrogen-bond donors (Lipinski definition) is 1. The first-order chi connectivity index (χ1) is 7.84. The van der Waals surface area contributed by atoms with Crippen molar-refractivity contribution in [2.24, 2.45) is 0 Å². The Balaban J connectivity index is 2.12. The Labute approximate surface area is 98.3 Å². The summed E-state index contributed by atoms with van der Waals surface area (Å²) in [5.41, 5.74) is 4.76. The predicted molar refractivity (Wildman–Crippen MR) is 68.7 cm³/mol. The van der Waals surface area contributed by atoms with Gasteiger partial charge in [-0.3, -0.25) is 10.3 Å². The molecule has 16 heavy (non-hydrogen) atoms. The molecule has 88 valence electrons. The molecule has 0 spiro atoms. The van der Waals surface area contributed by atoms with Crippen molar-refractivity contribution in [2.75, 3.05) is 6.61 Å². The van der Waals surface area contributed by atoms with Gasteiger partial charge in [-0.1, -0.05) is 63.1 Å². The van der Waals surface area contributed by atoms with Crippen molar-refractivity contribution in [3.63, 3.8) is 0 Å². The van der Waals surface area contributed by atoms with Crippen molar-refractivity contribution in [3.05, 3.63) is 42.5 Å². The van der Waals surface area contributed by atoms with Gasteiger partial charge in [-0.05, 0) is 12.0 Å². The Morgan fingerprint density at radius 3 is 2.62 bits per heavy atom. The lowest BCUT2D eigenvalue weighted by molar-refractivity contribution is 0.0753. The van der Waals surface area contributed by atoms with E-state index in [0.29, 0.717) is 0 Å². The summed E-state index contributed by atoms with van der Waals surface area (Å²) < 4.78 is 0. The van der Waals surface area contributed by atoms with E-state index < -0.39 is 0 Å². The highest BCUT2D eigenvalue weighted by Gasteiger charge is 1.96. The third-order valence-corrected chi connectivity index (χ3v) is 2.42. The summed E-state index contributed by atoms with van der Waals surface area (Å²) in [5.74, 6) is 0. The van der Waals surface area contributed by atoms with Gasteiger partial charge in [0.1, 0.15) is 0 Å². The van der Waals surface area contributed by atoms with Gasteiger partial charge in [0.25, 0.3) is 0 Å². The maximum atomic E-state index is 5.35. The average Bonchev–Trinajstić information content (AvgIpc) is 2.34. The van der Waals surface area contributed by atoms with Crippen LogP contribution in [0.4, 0.5) is 0 Å². The molecular weight excluding hydrogens is 198 g/mol. The minimum Gasteiger partial charge on any atom is -0.276 e. The third kappa shape index (κ3) is 4.99. The molecule has 2 nitrogen and oxygen atoms in total. The van der Waals surface area contributed by atoms with Crippen LogP contribution in [0.5, 0.6) is 0 Å². The maximum absolute atomic E-state index is 5.35. The van der Waals surface area contributed by atoms with Crippen LogP contribution < -0.4 is 5.48 Å². The number of hydroxylamine groups is 1. The van der Waals surface area contributed by atoms with E-state index >= 15 is 0 Å². The Bertz CT molecular complexity index is 295. The number of rotatable bonds is 8. The molecule has 0 aliphatic carbocycles. The molecule has 0 radical (unpaired) electrons. The van der Waals surface area contributed by atoms with Gasteiger partial charge in [0.05, 0.1) is 12.3 Å². The summed E-state index contributed by atoms with van der Waals surface area (Å²) in [5, 5.41) is 0. The van der Waals surface area contributed by atoms with Crippen molar-refractivity contribution in [1.29, 1.82) is 0 Å².